The van der Waals surface area contributed by atoms with Gasteiger partial charge in [-0.15, -0.1) is 0 Å². The van der Waals surface area contributed by atoms with Crippen LogP contribution in [0.5, 0.6) is 0 Å². The Hall–Kier alpha value is -2.23. The van der Waals surface area contributed by atoms with Gasteiger partial charge < -0.3 is 5.32 Å². The van der Waals surface area contributed by atoms with Gasteiger partial charge in [0.15, 0.2) is 0 Å². The molecule has 3 nitrogen and oxygen atoms in total. The van der Waals surface area contributed by atoms with Gasteiger partial charge in [-0.2, -0.15) is 0 Å². The number of halogens is 1. The molecule has 0 spiro atoms. The molecule has 4 heteroatoms. The van der Waals surface area contributed by atoms with Crippen LogP contribution in [0.25, 0.3) is 11.6 Å². The van der Waals surface area contributed by atoms with Gasteiger partial charge in [0.1, 0.15) is 0 Å². The van der Waals surface area contributed by atoms with E-state index in [4.69, 9.17) is 16.6 Å². The number of pyridine rings is 1. The fourth-order valence-corrected chi connectivity index (χ4v) is 5.41. The van der Waals surface area contributed by atoms with Gasteiger partial charge in [-0.05, 0) is 91.6 Å². The maximum absolute atomic E-state index is 6.44. The Kier molecular flexibility index (Phi) is 5.83. The third-order valence-electron chi connectivity index (χ3n) is 6.73. The largest absolute Gasteiger partial charge is 0.317 e. The number of hydrogen-bond donors (Lipinski definition) is 1. The molecule has 3 aliphatic rings. The lowest BCUT2D eigenvalue weighted by molar-refractivity contribution is 0.339. The van der Waals surface area contributed by atoms with Gasteiger partial charge in [-0.3, -0.25) is 9.98 Å². The van der Waals surface area contributed by atoms with Crippen LogP contribution >= 0.6 is 11.6 Å². The van der Waals surface area contributed by atoms with Crippen LogP contribution in [0.1, 0.15) is 60.4 Å². The maximum atomic E-state index is 6.44. The fraction of sp³-hybridized carbons (Fsp3) is 0.385. The van der Waals surface area contributed by atoms with E-state index in [9.17, 15) is 0 Å². The molecular weight excluding hydrogens is 390 g/mol. The first kappa shape index (κ1) is 19.7. The van der Waals surface area contributed by atoms with Crippen LogP contribution in [0.3, 0.4) is 0 Å². The standard InChI is InChI=1S/C26H28ClN3/c27-22-6-7-23-21(16-22)15-20(4-1-3-18-8-12-29-17-18)24-5-2-11-30-26(24)25(23)19-9-13-28-14-10-19/h2,5-8,11-12,15-19,25,28H,1,3-4,9-10,13-14H2. The fourth-order valence-electron chi connectivity index (χ4n) is 5.23. The molecule has 0 saturated carbocycles. The number of nitrogens with zero attached hydrogens (tertiary/aromatic N) is 2. The molecule has 1 N–H and O–H groups in total. The first-order valence-corrected chi connectivity index (χ1v) is 11.5. The molecule has 5 rings (SSSR count). The molecule has 3 heterocycles. The summed E-state index contributed by atoms with van der Waals surface area (Å²) in [7, 11) is 0. The van der Waals surface area contributed by atoms with Crippen molar-refractivity contribution in [1.29, 1.82) is 0 Å². The molecule has 0 bridgehead atoms. The summed E-state index contributed by atoms with van der Waals surface area (Å²) in [4.78, 5) is 9.20. The van der Waals surface area contributed by atoms with Gasteiger partial charge in [0.05, 0.1) is 5.69 Å². The SMILES string of the molecule is Clc1ccc2c(c1)C=C(CCCC1C=CN=C1)c1cccnc1C2C1CCNCC1. The van der Waals surface area contributed by atoms with E-state index < -0.39 is 0 Å². The molecule has 2 aromatic rings. The maximum Gasteiger partial charge on any atom is 0.0556 e. The second-order valence-electron chi connectivity index (χ2n) is 8.64. The van der Waals surface area contributed by atoms with Gasteiger partial charge in [-0.25, -0.2) is 0 Å². The Morgan fingerprint density at radius 1 is 1.13 bits per heavy atom. The highest BCUT2D eigenvalue weighted by Crippen LogP contribution is 2.45. The van der Waals surface area contributed by atoms with Crippen molar-refractivity contribution in [2.24, 2.45) is 16.8 Å². The minimum Gasteiger partial charge on any atom is -0.317 e. The van der Waals surface area contributed by atoms with E-state index in [1.807, 2.05) is 18.5 Å². The Labute approximate surface area is 184 Å². The third-order valence-corrected chi connectivity index (χ3v) is 6.96. The lowest BCUT2D eigenvalue weighted by Crippen LogP contribution is -2.32. The molecule has 0 radical (unpaired) electrons. The first-order chi connectivity index (χ1) is 14.8. The zero-order valence-electron chi connectivity index (χ0n) is 17.2. The predicted molar refractivity (Wildman–Crippen MR) is 126 cm³/mol. The molecule has 1 saturated heterocycles. The van der Waals surface area contributed by atoms with Crippen molar-refractivity contribution in [3.05, 3.63) is 76.2 Å². The lowest BCUT2D eigenvalue weighted by Gasteiger charge is -2.32. The first-order valence-electron chi connectivity index (χ1n) is 11.2. The van der Waals surface area contributed by atoms with Crippen molar-refractivity contribution < 1.29 is 0 Å². The second kappa shape index (κ2) is 8.87. The lowest BCUT2D eigenvalue weighted by atomic mass is 9.76. The van der Waals surface area contributed by atoms with Crippen molar-refractivity contribution in [3.8, 4) is 0 Å². The van der Waals surface area contributed by atoms with Crippen molar-refractivity contribution in [2.45, 2.75) is 38.0 Å². The quantitative estimate of drug-likeness (QED) is 0.637. The van der Waals surface area contributed by atoms with E-state index >= 15 is 0 Å². The topological polar surface area (TPSA) is 37.3 Å². The minimum atomic E-state index is 0.328. The summed E-state index contributed by atoms with van der Waals surface area (Å²) < 4.78 is 0. The molecule has 1 aromatic heterocycles. The van der Waals surface area contributed by atoms with E-state index in [0.29, 0.717) is 17.8 Å². The second-order valence-corrected chi connectivity index (χ2v) is 9.08. The summed E-state index contributed by atoms with van der Waals surface area (Å²) in [6.07, 6.45) is 16.2. The van der Waals surface area contributed by atoms with Crippen LogP contribution < -0.4 is 5.32 Å². The van der Waals surface area contributed by atoms with Crippen LogP contribution in [0, 0.1) is 11.8 Å². The van der Waals surface area contributed by atoms with Crippen molar-refractivity contribution in [1.82, 2.24) is 10.3 Å². The van der Waals surface area contributed by atoms with Gasteiger partial charge >= 0.3 is 0 Å². The smallest absolute Gasteiger partial charge is 0.0556 e. The molecule has 2 atom stereocenters. The van der Waals surface area contributed by atoms with E-state index in [1.54, 1.807) is 0 Å². The number of nitrogens with one attached hydrogen (secondary N) is 1. The van der Waals surface area contributed by atoms with Crippen LogP contribution in [0.2, 0.25) is 5.02 Å². The molecule has 154 valence electrons. The van der Waals surface area contributed by atoms with E-state index in [2.05, 4.69) is 52.9 Å². The number of aromatic nitrogens is 1. The average molecular weight is 418 g/mol. The molecule has 1 fully saturated rings. The molecular formula is C26H28ClN3. The molecule has 2 aliphatic heterocycles. The van der Waals surface area contributed by atoms with Gasteiger partial charge in [0, 0.05) is 35.5 Å². The van der Waals surface area contributed by atoms with Crippen LogP contribution in [-0.4, -0.2) is 24.3 Å². The van der Waals surface area contributed by atoms with Gasteiger partial charge in [0.25, 0.3) is 0 Å². The van der Waals surface area contributed by atoms with Crippen LogP contribution in [-0.2, 0) is 0 Å². The zero-order valence-corrected chi connectivity index (χ0v) is 18.0. The summed E-state index contributed by atoms with van der Waals surface area (Å²) in [5, 5.41) is 4.32. The Morgan fingerprint density at radius 2 is 2.03 bits per heavy atom. The molecule has 0 amide bonds. The average Bonchev–Trinajstić information content (AvgIpc) is 3.25. The van der Waals surface area contributed by atoms with E-state index in [0.717, 1.165) is 37.4 Å². The number of allylic oxidation sites excluding steroid dienone is 2. The number of piperidine rings is 1. The Morgan fingerprint density at radius 3 is 2.87 bits per heavy atom. The summed E-state index contributed by atoms with van der Waals surface area (Å²) in [6.45, 7) is 2.17. The summed E-state index contributed by atoms with van der Waals surface area (Å²) >= 11 is 6.44. The minimum absolute atomic E-state index is 0.328. The van der Waals surface area contributed by atoms with Gasteiger partial charge in [0.2, 0.25) is 0 Å². The number of fused-ring (bicyclic) bond motifs is 2. The summed E-state index contributed by atoms with van der Waals surface area (Å²) in [6, 6.07) is 10.8. The number of rotatable bonds is 5. The summed E-state index contributed by atoms with van der Waals surface area (Å²) in [5.74, 6) is 1.41. The van der Waals surface area contributed by atoms with Crippen molar-refractivity contribution in [2.75, 3.05) is 13.1 Å². The third kappa shape index (κ3) is 4.01. The summed E-state index contributed by atoms with van der Waals surface area (Å²) in [5.41, 5.74) is 6.61. The number of aliphatic imine (C=N–C) groups is 1. The van der Waals surface area contributed by atoms with E-state index in [-0.39, 0.29) is 0 Å². The highest BCUT2D eigenvalue weighted by atomic mass is 35.5. The number of hydrogen-bond acceptors (Lipinski definition) is 3. The molecule has 2 unspecified atom stereocenters. The zero-order chi connectivity index (χ0) is 20.3. The monoisotopic (exact) mass is 417 g/mol. The van der Waals surface area contributed by atoms with Crippen LogP contribution in [0.15, 0.2) is 53.8 Å². The van der Waals surface area contributed by atoms with Crippen molar-refractivity contribution in [3.63, 3.8) is 0 Å². The normalized spacial score (nSPS) is 23.0. The molecule has 1 aliphatic carbocycles. The Bertz CT molecular complexity index is 989. The molecule has 30 heavy (non-hydrogen) atoms. The highest BCUT2D eigenvalue weighted by Gasteiger charge is 2.32. The van der Waals surface area contributed by atoms with Crippen LogP contribution in [0.4, 0.5) is 0 Å². The van der Waals surface area contributed by atoms with Crippen molar-refractivity contribution >= 4 is 29.5 Å². The predicted octanol–water partition coefficient (Wildman–Crippen LogP) is 6.11. The van der Waals surface area contributed by atoms with E-state index in [1.165, 1.54) is 40.8 Å². The number of benzene rings is 1. The highest BCUT2D eigenvalue weighted by molar-refractivity contribution is 6.30. The molecule has 1 aromatic carbocycles. The van der Waals surface area contributed by atoms with Gasteiger partial charge in [-0.1, -0.05) is 35.9 Å². The Balaban J connectivity index is 1.53.